The van der Waals surface area contributed by atoms with Gasteiger partial charge in [0, 0.05) is 37.4 Å². The molecule has 4 nitrogen and oxygen atoms in total. The summed E-state index contributed by atoms with van der Waals surface area (Å²) < 4.78 is 6.67. The summed E-state index contributed by atoms with van der Waals surface area (Å²) in [5.41, 5.74) is 2.40. The standard InChI is InChI=1S/C21H28N2O2S/c1-15-5-6-19-18(12-15)16(2)20(26-19)21(24)23-7-3-4-17(14-23)13-22-8-10-25-11-9-22/h5-6,12,17H,3-4,7-11,13-14H2,1-2H3/t17-/m1/s1. The van der Waals surface area contributed by atoms with Crippen LogP contribution in [-0.2, 0) is 4.74 Å². The second-order valence-electron chi connectivity index (χ2n) is 7.73. The van der Waals surface area contributed by atoms with Gasteiger partial charge in [0.25, 0.3) is 5.91 Å². The third-order valence-electron chi connectivity index (χ3n) is 5.71. The Morgan fingerprint density at radius 2 is 2.04 bits per heavy atom. The highest BCUT2D eigenvalue weighted by atomic mass is 32.1. The van der Waals surface area contributed by atoms with E-state index >= 15 is 0 Å². The highest BCUT2D eigenvalue weighted by Crippen LogP contribution is 2.33. The third kappa shape index (κ3) is 3.66. The van der Waals surface area contributed by atoms with E-state index in [1.54, 1.807) is 11.3 Å². The zero-order valence-electron chi connectivity index (χ0n) is 15.8. The van der Waals surface area contributed by atoms with Gasteiger partial charge in [0.2, 0.25) is 0 Å². The van der Waals surface area contributed by atoms with Gasteiger partial charge in [-0.05, 0) is 49.6 Å². The largest absolute Gasteiger partial charge is 0.379 e. The van der Waals surface area contributed by atoms with Crippen LogP contribution in [0, 0.1) is 19.8 Å². The van der Waals surface area contributed by atoms with E-state index < -0.39 is 0 Å². The van der Waals surface area contributed by atoms with Crippen molar-refractivity contribution in [1.29, 1.82) is 0 Å². The first-order valence-corrected chi connectivity index (χ1v) is 10.5. The highest BCUT2D eigenvalue weighted by molar-refractivity contribution is 7.21. The summed E-state index contributed by atoms with van der Waals surface area (Å²) in [6, 6.07) is 6.48. The summed E-state index contributed by atoms with van der Waals surface area (Å²) in [4.78, 5) is 18.7. The van der Waals surface area contributed by atoms with Crippen molar-refractivity contribution in [2.75, 3.05) is 45.9 Å². The first kappa shape index (κ1) is 18.0. The summed E-state index contributed by atoms with van der Waals surface area (Å²) in [6.45, 7) is 10.8. The van der Waals surface area contributed by atoms with Crippen molar-refractivity contribution in [2.45, 2.75) is 26.7 Å². The number of hydrogen-bond donors (Lipinski definition) is 0. The summed E-state index contributed by atoms with van der Waals surface area (Å²) in [7, 11) is 0. The molecular formula is C21H28N2O2S. The number of likely N-dealkylation sites (tertiary alicyclic amines) is 1. The van der Waals surface area contributed by atoms with Crippen molar-refractivity contribution in [3.63, 3.8) is 0 Å². The Hall–Kier alpha value is -1.43. The molecule has 1 aromatic carbocycles. The molecule has 1 amide bonds. The molecule has 3 heterocycles. The van der Waals surface area contributed by atoms with Crippen molar-refractivity contribution in [2.24, 2.45) is 5.92 Å². The molecule has 2 aromatic rings. The number of rotatable bonds is 3. The van der Waals surface area contributed by atoms with Crippen LogP contribution in [0.4, 0.5) is 0 Å². The van der Waals surface area contributed by atoms with Crippen LogP contribution in [0.1, 0.15) is 33.6 Å². The quantitative estimate of drug-likeness (QED) is 0.823. The number of fused-ring (bicyclic) bond motifs is 1. The maximum Gasteiger partial charge on any atom is 0.264 e. The lowest BCUT2D eigenvalue weighted by atomic mass is 9.96. The lowest BCUT2D eigenvalue weighted by Crippen LogP contribution is -2.46. The zero-order valence-corrected chi connectivity index (χ0v) is 16.6. The van der Waals surface area contributed by atoms with Crippen molar-refractivity contribution in [3.05, 3.63) is 34.2 Å². The van der Waals surface area contributed by atoms with E-state index in [1.165, 1.54) is 22.1 Å². The van der Waals surface area contributed by atoms with Gasteiger partial charge >= 0.3 is 0 Å². The van der Waals surface area contributed by atoms with E-state index in [-0.39, 0.29) is 5.91 Å². The van der Waals surface area contributed by atoms with Crippen LogP contribution < -0.4 is 0 Å². The van der Waals surface area contributed by atoms with E-state index in [0.29, 0.717) is 5.92 Å². The van der Waals surface area contributed by atoms with E-state index in [2.05, 4.69) is 41.8 Å². The third-order valence-corrected chi connectivity index (χ3v) is 6.97. The van der Waals surface area contributed by atoms with Gasteiger partial charge < -0.3 is 9.64 Å². The van der Waals surface area contributed by atoms with Gasteiger partial charge in [-0.3, -0.25) is 9.69 Å². The fraction of sp³-hybridized carbons (Fsp3) is 0.571. The van der Waals surface area contributed by atoms with Gasteiger partial charge in [0.1, 0.15) is 0 Å². The number of hydrogen-bond acceptors (Lipinski definition) is 4. The molecule has 0 saturated carbocycles. The van der Waals surface area contributed by atoms with E-state index in [0.717, 1.165) is 62.8 Å². The molecule has 2 fully saturated rings. The van der Waals surface area contributed by atoms with Gasteiger partial charge in [0.15, 0.2) is 0 Å². The molecule has 26 heavy (non-hydrogen) atoms. The van der Waals surface area contributed by atoms with Crippen LogP contribution in [0.2, 0.25) is 0 Å². The molecule has 4 rings (SSSR count). The number of nitrogens with zero attached hydrogens (tertiary/aromatic N) is 2. The lowest BCUT2D eigenvalue weighted by molar-refractivity contribution is 0.0224. The minimum absolute atomic E-state index is 0.230. The van der Waals surface area contributed by atoms with Crippen molar-refractivity contribution >= 4 is 27.3 Å². The molecule has 140 valence electrons. The smallest absolute Gasteiger partial charge is 0.264 e. The number of thiophene rings is 1. The Morgan fingerprint density at radius 3 is 2.85 bits per heavy atom. The summed E-state index contributed by atoms with van der Waals surface area (Å²) in [5.74, 6) is 0.816. The second kappa shape index (κ2) is 7.67. The second-order valence-corrected chi connectivity index (χ2v) is 8.78. The monoisotopic (exact) mass is 372 g/mol. The lowest BCUT2D eigenvalue weighted by Gasteiger charge is -2.36. The Balaban J connectivity index is 1.48. The SMILES string of the molecule is Cc1ccc2sc(C(=O)N3CCC[C@H](CN4CCOCC4)C3)c(C)c2c1. The summed E-state index contributed by atoms with van der Waals surface area (Å²) in [5, 5.41) is 1.24. The van der Waals surface area contributed by atoms with Gasteiger partial charge in [-0.1, -0.05) is 17.7 Å². The van der Waals surface area contributed by atoms with Crippen molar-refractivity contribution < 1.29 is 9.53 Å². The molecule has 2 saturated heterocycles. The number of aryl methyl sites for hydroxylation is 2. The molecular weight excluding hydrogens is 344 g/mol. The molecule has 2 aliphatic rings. The molecule has 0 radical (unpaired) electrons. The fourth-order valence-corrected chi connectivity index (χ4v) is 5.39. The predicted octanol–water partition coefficient (Wildman–Crippen LogP) is 3.70. The molecule has 0 N–H and O–H groups in total. The van der Waals surface area contributed by atoms with Gasteiger partial charge in [-0.25, -0.2) is 0 Å². The topological polar surface area (TPSA) is 32.8 Å². The zero-order chi connectivity index (χ0) is 18.1. The maximum absolute atomic E-state index is 13.2. The molecule has 0 unspecified atom stereocenters. The van der Waals surface area contributed by atoms with Crippen LogP contribution in [-0.4, -0.2) is 61.6 Å². The van der Waals surface area contributed by atoms with Gasteiger partial charge in [-0.2, -0.15) is 0 Å². The Kier molecular flexibility index (Phi) is 5.30. The molecule has 5 heteroatoms. The molecule has 0 bridgehead atoms. The number of carbonyl (C=O) groups is 1. The average Bonchev–Trinajstić information content (AvgIpc) is 2.98. The van der Waals surface area contributed by atoms with Gasteiger partial charge in [0.05, 0.1) is 18.1 Å². The number of benzene rings is 1. The normalized spacial score (nSPS) is 22.1. The first-order chi connectivity index (χ1) is 12.6. The Morgan fingerprint density at radius 1 is 1.23 bits per heavy atom. The first-order valence-electron chi connectivity index (χ1n) is 9.71. The number of carbonyl (C=O) groups excluding carboxylic acids is 1. The number of morpholine rings is 1. The maximum atomic E-state index is 13.2. The van der Waals surface area contributed by atoms with Crippen molar-refractivity contribution in [3.8, 4) is 0 Å². The molecule has 0 aliphatic carbocycles. The van der Waals surface area contributed by atoms with Gasteiger partial charge in [-0.15, -0.1) is 11.3 Å². The van der Waals surface area contributed by atoms with Crippen LogP contribution in [0.3, 0.4) is 0 Å². The molecule has 0 spiro atoms. The minimum atomic E-state index is 0.230. The van der Waals surface area contributed by atoms with E-state index in [1.807, 2.05) is 0 Å². The number of piperidine rings is 1. The van der Waals surface area contributed by atoms with Crippen LogP contribution in [0.15, 0.2) is 18.2 Å². The van der Waals surface area contributed by atoms with E-state index in [4.69, 9.17) is 4.74 Å². The number of ether oxygens (including phenoxy) is 1. The van der Waals surface area contributed by atoms with Crippen LogP contribution in [0.25, 0.3) is 10.1 Å². The Labute approximate surface area is 159 Å². The summed E-state index contributed by atoms with van der Waals surface area (Å²) >= 11 is 1.65. The van der Waals surface area contributed by atoms with Crippen LogP contribution >= 0.6 is 11.3 Å². The number of amides is 1. The minimum Gasteiger partial charge on any atom is -0.379 e. The van der Waals surface area contributed by atoms with Crippen molar-refractivity contribution in [1.82, 2.24) is 9.80 Å². The summed E-state index contributed by atoms with van der Waals surface area (Å²) in [6.07, 6.45) is 2.34. The Bertz CT molecular complexity index is 795. The molecule has 1 atom stereocenters. The van der Waals surface area contributed by atoms with E-state index in [9.17, 15) is 4.79 Å². The predicted molar refractivity (Wildman–Crippen MR) is 107 cm³/mol. The fourth-order valence-electron chi connectivity index (χ4n) is 4.23. The average molecular weight is 373 g/mol. The molecule has 1 aromatic heterocycles. The highest BCUT2D eigenvalue weighted by Gasteiger charge is 2.28. The van der Waals surface area contributed by atoms with Crippen LogP contribution in [0.5, 0.6) is 0 Å². The molecule has 2 aliphatic heterocycles.